The summed E-state index contributed by atoms with van der Waals surface area (Å²) in [6.07, 6.45) is 27.9. The number of hydrogen-bond donors (Lipinski definition) is 10. The summed E-state index contributed by atoms with van der Waals surface area (Å²) in [5, 5.41) is 60.5. The van der Waals surface area contributed by atoms with Crippen molar-refractivity contribution in [2.24, 2.45) is 17.4 Å². The molecule has 1 saturated heterocycles. The minimum Gasteiger partial charge on any atom is -0.460 e. The number of primary amides is 1. The highest BCUT2D eigenvalue weighted by atomic mass is 16.7. The molecule has 0 radical (unpaired) electrons. The van der Waals surface area contributed by atoms with Crippen molar-refractivity contribution in [2.45, 2.75) is 346 Å². The molecule has 0 aromatic heterocycles. The van der Waals surface area contributed by atoms with Gasteiger partial charge in [-0.25, -0.2) is 14.5 Å². The zero-order chi connectivity index (χ0) is 65.4. The summed E-state index contributed by atoms with van der Waals surface area (Å²) in [5.74, 6) is -2.82. The van der Waals surface area contributed by atoms with E-state index in [2.05, 4.69) is 24.5 Å². The lowest BCUT2D eigenvalue weighted by Crippen LogP contribution is -2.63. The molecule has 1 heterocycles. The number of anilines is 1. The second-order valence-electron chi connectivity index (χ2n) is 25.6. The largest absolute Gasteiger partial charge is 0.460 e. The summed E-state index contributed by atoms with van der Waals surface area (Å²) in [6.45, 7) is 5.83. The first-order valence-electron chi connectivity index (χ1n) is 35.2. The number of nitrogens with one attached hydrogen (secondary N) is 2. The van der Waals surface area contributed by atoms with E-state index < -0.39 is 111 Å². The SMILES string of the molecule is CCCCCCCCCCCCCCCCCCCCCCCCCC(=O)O[C@H](CCCCCCCCCCCCCC)[C@@H](O)[C@H](CO[C@H]1O[C@H](CO)[C@H](O)[C@H](O)[C@H]1O)N(C(=O)OCc1ccc(N)cc1)C(=O)[C@H](CCCNC(N)=O)NC(=O)[C@@H](N)C(C)C. The molecular formula is C69H126N6O14. The highest BCUT2D eigenvalue weighted by molar-refractivity contribution is 5.98. The Morgan fingerprint density at radius 1 is 0.618 bits per heavy atom. The molecule has 0 aliphatic carbocycles. The molecule has 516 valence electrons. The zero-order valence-electron chi connectivity index (χ0n) is 55.7. The first-order chi connectivity index (χ1) is 43.0. The van der Waals surface area contributed by atoms with E-state index in [0.29, 0.717) is 29.0 Å². The Bertz CT molecular complexity index is 1970. The monoisotopic (exact) mass is 1260 g/mol. The summed E-state index contributed by atoms with van der Waals surface area (Å²) in [5.41, 5.74) is 18.5. The topological polar surface area (TPSA) is 329 Å². The molecule has 20 heteroatoms. The van der Waals surface area contributed by atoms with E-state index in [1.54, 1.807) is 38.1 Å². The van der Waals surface area contributed by atoms with Crippen molar-refractivity contribution in [2.75, 3.05) is 25.5 Å². The molecular weight excluding hydrogens is 1140 g/mol. The predicted molar refractivity (Wildman–Crippen MR) is 351 cm³/mol. The third-order valence-corrected chi connectivity index (χ3v) is 17.4. The molecule has 0 spiro atoms. The van der Waals surface area contributed by atoms with Crippen LogP contribution in [0.4, 0.5) is 15.3 Å². The van der Waals surface area contributed by atoms with Crippen LogP contribution in [0.15, 0.2) is 24.3 Å². The Balaban J connectivity index is 2.34. The van der Waals surface area contributed by atoms with Gasteiger partial charge in [0.05, 0.1) is 25.3 Å². The first-order valence-corrected chi connectivity index (χ1v) is 35.2. The Morgan fingerprint density at radius 3 is 1.51 bits per heavy atom. The third kappa shape index (κ3) is 36.6. The fourth-order valence-electron chi connectivity index (χ4n) is 11.5. The van der Waals surface area contributed by atoms with E-state index in [-0.39, 0.29) is 38.1 Å². The Morgan fingerprint density at radius 2 is 1.07 bits per heavy atom. The number of nitrogens with zero attached hydrogens (tertiary/aromatic N) is 1. The standard InChI is InChI=1S/C69H126N6O14/c1-5-7-9-11-13-15-17-19-20-21-22-23-24-25-26-27-28-29-31-33-35-37-39-43-59(77)88-57(42-38-36-34-32-30-18-16-14-12-10-8-6-2)61(78)56(51-86-67-64(81)63(80)62(79)58(49-76)89-67)75(69(85)87-50-53-44-46-54(70)47-45-53)66(83)55(41-40-48-73-68(72)84)74-65(82)60(71)52(3)4/h44-47,52,55-58,60-64,67,76,78-81H,5-43,48-51,70-71H2,1-4H3,(H,74,82)(H3,72,73,84)/t55-,56-,57+,58+,60-,61-,62-,63-,64+,67-/m0/s1. The van der Waals surface area contributed by atoms with E-state index in [4.69, 9.17) is 36.1 Å². The minimum atomic E-state index is -1.92. The van der Waals surface area contributed by atoms with Crippen molar-refractivity contribution in [3.8, 4) is 0 Å². The molecule has 0 bridgehead atoms. The van der Waals surface area contributed by atoms with E-state index in [1.165, 1.54) is 154 Å². The van der Waals surface area contributed by atoms with Gasteiger partial charge in [-0.05, 0) is 55.7 Å². The summed E-state index contributed by atoms with van der Waals surface area (Å²) in [4.78, 5) is 70.2. The van der Waals surface area contributed by atoms with E-state index >= 15 is 4.79 Å². The van der Waals surface area contributed by atoms with Gasteiger partial charge >= 0.3 is 18.1 Å². The summed E-state index contributed by atoms with van der Waals surface area (Å²) < 4.78 is 23.7. The highest BCUT2D eigenvalue weighted by Crippen LogP contribution is 2.27. The van der Waals surface area contributed by atoms with Crippen LogP contribution in [-0.4, -0.2) is 141 Å². The van der Waals surface area contributed by atoms with Crippen LogP contribution in [-0.2, 0) is 39.9 Å². The maximum Gasteiger partial charge on any atom is 0.417 e. The van der Waals surface area contributed by atoms with Crippen LogP contribution in [0.5, 0.6) is 0 Å². The molecule has 0 saturated carbocycles. The molecule has 10 atom stereocenters. The van der Waals surface area contributed by atoms with Gasteiger partial charge in [-0.2, -0.15) is 0 Å². The molecule has 20 nitrogen and oxygen atoms in total. The second kappa shape index (κ2) is 51.4. The smallest absolute Gasteiger partial charge is 0.417 e. The molecule has 89 heavy (non-hydrogen) atoms. The van der Waals surface area contributed by atoms with Crippen LogP contribution in [0.3, 0.4) is 0 Å². The number of nitrogen functional groups attached to an aromatic ring is 1. The van der Waals surface area contributed by atoms with E-state index in [1.807, 2.05) is 0 Å². The molecule has 1 aromatic rings. The number of benzene rings is 1. The molecule has 1 aliphatic heterocycles. The molecule has 5 amide bonds. The summed E-state index contributed by atoms with van der Waals surface area (Å²) >= 11 is 0. The van der Waals surface area contributed by atoms with Crippen molar-refractivity contribution in [1.29, 1.82) is 0 Å². The molecule has 2 rings (SSSR count). The number of ether oxygens (including phenoxy) is 4. The van der Waals surface area contributed by atoms with Gasteiger partial charge < -0.3 is 72.3 Å². The fourth-order valence-corrected chi connectivity index (χ4v) is 11.5. The predicted octanol–water partition coefficient (Wildman–Crippen LogP) is 11.6. The van der Waals surface area contributed by atoms with Crippen molar-refractivity contribution in [1.82, 2.24) is 15.5 Å². The van der Waals surface area contributed by atoms with Gasteiger partial charge in [0.25, 0.3) is 5.91 Å². The number of unbranched alkanes of at least 4 members (excludes halogenated alkanes) is 33. The van der Waals surface area contributed by atoms with Crippen LogP contribution in [0.2, 0.25) is 0 Å². The van der Waals surface area contributed by atoms with Gasteiger partial charge in [-0.1, -0.05) is 252 Å². The Labute approximate surface area is 536 Å². The molecule has 0 unspecified atom stereocenters. The van der Waals surface area contributed by atoms with Gasteiger partial charge in [-0.15, -0.1) is 0 Å². The lowest BCUT2D eigenvalue weighted by Gasteiger charge is -2.41. The fraction of sp³-hybridized carbons (Fsp3) is 0.841. The van der Waals surface area contributed by atoms with Gasteiger partial charge in [0.1, 0.15) is 49.3 Å². The normalized spacial score (nSPS) is 18.4. The third-order valence-electron chi connectivity index (χ3n) is 17.4. The Kier molecular flexibility index (Phi) is 46.7. The minimum absolute atomic E-state index is 0.0320. The zero-order valence-corrected chi connectivity index (χ0v) is 55.7. The van der Waals surface area contributed by atoms with Gasteiger partial charge in [0, 0.05) is 18.7 Å². The van der Waals surface area contributed by atoms with Crippen LogP contribution in [0.25, 0.3) is 0 Å². The molecule has 1 aliphatic rings. The van der Waals surface area contributed by atoms with Crippen molar-refractivity contribution in [3.05, 3.63) is 29.8 Å². The summed E-state index contributed by atoms with van der Waals surface area (Å²) in [7, 11) is 0. The molecule has 13 N–H and O–H groups in total. The average molecular weight is 1260 g/mol. The van der Waals surface area contributed by atoms with Crippen molar-refractivity contribution in [3.63, 3.8) is 0 Å². The van der Waals surface area contributed by atoms with Crippen LogP contribution < -0.4 is 27.8 Å². The first kappa shape index (κ1) is 80.9. The van der Waals surface area contributed by atoms with Crippen LogP contribution in [0, 0.1) is 5.92 Å². The molecule has 1 fully saturated rings. The number of imide groups is 1. The van der Waals surface area contributed by atoms with Crippen LogP contribution in [0.1, 0.15) is 284 Å². The van der Waals surface area contributed by atoms with E-state index in [0.717, 1.165) is 57.8 Å². The number of hydrogen-bond acceptors (Lipinski definition) is 16. The Hall–Kier alpha value is -4.15. The number of carbonyl (C=O) groups excluding carboxylic acids is 5. The lowest BCUT2D eigenvalue weighted by molar-refractivity contribution is -0.304. The quantitative estimate of drug-likeness (QED) is 0.0165. The van der Waals surface area contributed by atoms with Gasteiger partial charge in [-0.3, -0.25) is 14.4 Å². The van der Waals surface area contributed by atoms with Crippen LogP contribution >= 0.6 is 0 Å². The number of aliphatic hydroxyl groups excluding tert-OH is 5. The maximum atomic E-state index is 15.4. The number of rotatable bonds is 55. The highest BCUT2D eigenvalue weighted by Gasteiger charge is 2.47. The summed E-state index contributed by atoms with van der Waals surface area (Å²) in [6, 6.07) is 1.09. The van der Waals surface area contributed by atoms with Gasteiger partial charge in [0.2, 0.25) is 5.91 Å². The second-order valence-corrected chi connectivity index (χ2v) is 25.6. The number of nitrogens with two attached hydrogens (primary N) is 3. The number of esters is 1. The number of carbonyl (C=O) groups is 5. The maximum absolute atomic E-state index is 15.4. The van der Waals surface area contributed by atoms with Crippen molar-refractivity contribution < 1.29 is 68.5 Å². The van der Waals surface area contributed by atoms with Gasteiger partial charge in [0.15, 0.2) is 6.29 Å². The number of aliphatic hydroxyl groups is 5. The number of amides is 5. The average Bonchev–Trinajstić information content (AvgIpc) is 1.22. The lowest BCUT2D eigenvalue weighted by atomic mass is 9.96. The molecule has 1 aromatic carbocycles. The van der Waals surface area contributed by atoms with Crippen molar-refractivity contribution >= 4 is 35.6 Å². The van der Waals surface area contributed by atoms with E-state index in [9.17, 15) is 44.7 Å². The number of urea groups is 1.